The van der Waals surface area contributed by atoms with E-state index in [1.807, 2.05) is 30.3 Å². The monoisotopic (exact) mass is 399 g/mol. The first-order chi connectivity index (χ1) is 14.2. The number of ether oxygens (including phenoxy) is 2. The summed E-state index contributed by atoms with van der Waals surface area (Å²) in [6.45, 7) is 2.74. The number of nitrogens with zero attached hydrogens (tertiary/aromatic N) is 1. The molecule has 0 spiro atoms. The molecule has 2 N–H and O–H groups in total. The highest BCUT2D eigenvalue weighted by Gasteiger charge is 2.25. The van der Waals surface area contributed by atoms with Crippen molar-refractivity contribution in [2.45, 2.75) is 63.6 Å². The lowest BCUT2D eigenvalue weighted by molar-refractivity contribution is 0.0600. The van der Waals surface area contributed by atoms with Gasteiger partial charge in [0, 0.05) is 31.1 Å². The fourth-order valence-corrected chi connectivity index (χ4v) is 4.16. The van der Waals surface area contributed by atoms with Gasteiger partial charge in [0.15, 0.2) is 0 Å². The number of methoxy groups -OCH3 is 2. The molecule has 2 atom stereocenters. The number of esters is 1. The number of hydrogen-bond donors (Lipinski definition) is 2. The topological polar surface area (TPSA) is 72.5 Å². The fourth-order valence-electron chi connectivity index (χ4n) is 4.16. The number of benzene rings is 1. The summed E-state index contributed by atoms with van der Waals surface area (Å²) in [5, 5.41) is 8.05. The molecular weight excluding hydrogens is 366 g/mol. The first kappa shape index (κ1) is 21.5. The number of anilines is 1. The molecule has 29 heavy (non-hydrogen) atoms. The van der Waals surface area contributed by atoms with Crippen LogP contribution in [0.4, 0.5) is 5.82 Å². The van der Waals surface area contributed by atoms with Crippen molar-refractivity contribution in [3.63, 3.8) is 0 Å². The Balaban J connectivity index is 1.74. The molecule has 0 amide bonds. The van der Waals surface area contributed by atoms with Crippen molar-refractivity contribution in [1.82, 2.24) is 10.3 Å². The van der Waals surface area contributed by atoms with E-state index in [0.29, 0.717) is 24.0 Å². The summed E-state index contributed by atoms with van der Waals surface area (Å²) in [5.74, 6) is 0.136. The minimum Gasteiger partial charge on any atom is -0.465 e. The predicted molar refractivity (Wildman–Crippen MR) is 116 cm³/mol. The van der Waals surface area contributed by atoms with E-state index in [1.165, 1.54) is 39.2 Å². The van der Waals surface area contributed by atoms with Gasteiger partial charge in [-0.05, 0) is 31.4 Å². The average Bonchev–Trinajstić information content (AvgIpc) is 2.78. The number of rotatable bonds is 9. The number of hydrogen-bond acceptors (Lipinski definition) is 6. The Kier molecular flexibility index (Phi) is 7.83. The van der Waals surface area contributed by atoms with Crippen molar-refractivity contribution in [3.8, 4) is 0 Å². The lowest BCUT2D eigenvalue weighted by Crippen LogP contribution is -2.49. The molecular formula is C23H33N3O3. The fraction of sp³-hybridized carbons (Fsp3) is 0.565. The predicted octanol–water partition coefficient (Wildman–Crippen LogP) is 4.15. The molecule has 0 aliphatic heterocycles. The number of para-hydroxylation sites is 1. The summed E-state index contributed by atoms with van der Waals surface area (Å²) in [6, 6.07) is 10.4. The van der Waals surface area contributed by atoms with Crippen LogP contribution < -0.4 is 10.6 Å². The van der Waals surface area contributed by atoms with Crippen LogP contribution >= 0.6 is 0 Å². The van der Waals surface area contributed by atoms with E-state index in [1.54, 1.807) is 7.11 Å². The first-order valence-corrected chi connectivity index (χ1v) is 10.7. The van der Waals surface area contributed by atoms with E-state index in [2.05, 4.69) is 22.5 Å². The maximum atomic E-state index is 12.3. The van der Waals surface area contributed by atoms with Crippen molar-refractivity contribution in [1.29, 1.82) is 0 Å². The Hall–Kier alpha value is -2.18. The third-order valence-electron chi connectivity index (χ3n) is 5.85. The zero-order valence-corrected chi connectivity index (χ0v) is 17.7. The first-order valence-electron chi connectivity index (χ1n) is 10.7. The van der Waals surface area contributed by atoms with Gasteiger partial charge in [0.1, 0.15) is 11.4 Å². The van der Waals surface area contributed by atoms with Gasteiger partial charge < -0.3 is 20.1 Å². The Morgan fingerprint density at radius 2 is 1.97 bits per heavy atom. The quantitative estimate of drug-likeness (QED) is 0.617. The maximum Gasteiger partial charge on any atom is 0.341 e. The van der Waals surface area contributed by atoms with Crippen LogP contribution in [0.2, 0.25) is 0 Å². The summed E-state index contributed by atoms with van der Waals surface area (Å²) >= 11 is 0. The Labute approximate surface area is 173 Å². The number of carbonyl (C=O) groups excluding carboxylic acids is 1. The second-order valence-corrected chi connectivity index (χ2v) is 7.74. The number of carbonyl (C=O) groups is 1. The van der Waals surface area contributed by atoms with E-state index in [0.717, 1.165) is 17.3 Å². The van der Waals surface area contributed by atoms with E-state index in [-0.39, 0.29) is 12.1 Å². The van der Waals surface area contributed by atoms with Gasteiger partial charge >= 0.3 is 5.97 Å². The van der Waals surface area contributed by atoms with Crippen LogP contribution in [0.15, 0.2) is 30.3 Å². The van der Waals surface area contributed by atoms with Crippen LogP contribution in [0, 0.1) is 0 Å². The molecule has 0 radical (unpaired) electrons. The van der Waals surface area contributed by atoms with Crippen molar-refractivity contribution >= 4 is 22.7 Å². The number of pyridine rings is 1. The highest BCUT2D eigenvalue weighted by Crippen LogP contribution is 2.22. The molecule has 1 saturated carbocycles. The molecule has 1 aliphatic rings. The van der Waals surface area contributed by atoms with Crippen molar-refractivity contribution in [2.24, 2.45) is 0 Å². The molecule has 158 valence electrons. The van der Waals surface area contributed by atoms with Crippen molar-refractivity contribution < 1.29 is 14.3 Å². The average molecular weight is 400 g/mol. The van der Waals surface area contributed by atoms with Gasteiger partial charge in [-0.1, -0.05) is 44.4 Å². The van der Waals surface area contributed by atoms with Crippen LogP contribution in [0.5, 0.6) is 0 Å². The van der Waals surface area contributed by atoms with Gasteiger partial charge in [-0.25, -0.2) is 9.78 Å². The van der Waals surface area contributed by atoms with Crippen LogP contribution in [-0.2, 0) is 9.47 Å². The molecule has 6 heteroatoms. The minimum atomic E-state index is -0.396. The molecule has 1 fully saturated rings. The standard InChI is InChI=1S/C23H33N3O3/c1-4-19(25-17-11-6-5-7-12-17)21(28-2)15-24-22-18(23(27)29-3)14-16-10-8-9-13-20(16)26-22/h8-10,13-14,17,19,21,25H,4-7,11-12,15H2,1-3H3,(H,24,26). The van der Waals surface area contributed by atoms with Gasteiger partial charge in [0.05, 0.1) is 18.7 Å². The second-order valence-electron chi connectivity index (χ2n) is 7.74. The maximum absolute atomic E-state index is 12.3. The van der Waals surface area contributed by atoms with Gasteiger partial charge in [-0.15, -0.1) is 0 Å². The van der Waals surface area contributed by atoms with Crippen molar-refractivity contribution in [2.75, 3.05) is 26.1 Å². The zero-order valence-electron chi connectivity index (χ0n) is 17.7. The summed E-state index contributed by atoms with van der Waals surface area (Å²) in [6.07, 6.45) is 7.36. The van der Waals surface area contributed by atoms with Crippen molar-refractivity contribution in [3.05, 3.63) is 35.9 Å². The summed E-state index contributed by atoms with van der Waals surface area (Å²) in [7, 11) is 3.13. The van der Waals surface area contributed by atoms with Gasteiger partial charge in [0.2, 0.25) is 0 Å². The largest absolute Gasteiger partial charge is 0.465 e. The lowest BCUT2D eigenvalue weighted by Gasteiger charge is -2.32. The summed E-state index contributed by atoms with van der Waals surface area (Å²) in [4.78, 5) is 17.0. The highest BCUT2D eigenvalue weighted by atomic mass is 16.5. The molecule has 1 aromatic carbocycles. The van der Waals surface area contributed by atoms with Crippen LogP contribution in [0.3, 0.4) is 0 Å². The van der Waals surface area contributed by atoms with Gasteiger partial charge in [0.25, 0.3) is 0 Å². The smallest absolute Gasteiger partial charge is 0.341 e. The Bertz CT molecular complexity index is 805. The number of aromatic nitrogens is 1. The molecule has 0 bridgehead atoms. The minimum absolute atomic E-state index is 0.0271. The highest BCUT2D eigenvalue weighted by molar-refractivity contribution is 5.99. The van der Waals surface area contributed by atoms with Crippen LogP contribution in [-0.4, -0.2) is 49.9 Å². The molecule has 2 unspecified atom stereocenters. The second kappa shape index (κ2) is 10.6. The summed E-state index contributed by atoms with van der Waals surface area (Å²) < 4.78 is 10.8. The van der Waals surface area contributed by atoms with E-state index < -0.39 is 5.97 Å². The van der Waals surface area contributed by atoms with Gasteiger partial charge in [-0.2, -0.15) is 0 Å². The molecule has 3 rings (SSSR count). The molecule has 1 heterocycles. The number of fused-ring (bicyclic) bond motifs is 1. The number of nitrogens with one attached hydrogen (secondary N) is 2. The van der Waals surface area contributed by atoms with E-state index >= 15 is 0 Å². The van der Waals surface area contributed by atoms with Gasteiger partial charge in [-0.3, -0.25) is 0 Å². The van der Waals surface area contributed by atoms with E-state index in [4.69, 9.17) is 9.47 Å². The molecule has 6 nitrogen and oxygen atoms in total. The van der Waals surface area contributed by atoms with Crippen LogP contribution in [0.25, 0.3) is 10.9 Å². The molecule has 0 saturated heterocycles. The molecule has 1 aromatic heterocycles. The SMILES string of the molecule is CCC(NC1CCCCC1)C(CNc1nc2ccccc2cc1C(=O)OC)OC. The molecule has 2 aromatic rings. The zero-order chi connectivity index (χ0) is 20.6. The normalized spacial score (nSPS) is 17.1. The third-order valence-corrected chi connectivity index (χ3v) is 5.85. The third kappa shape index (κ3) is 5.46. The lowest BCUT2D eigenvalue weighted by atomic mass is 9.94. The Morgan fingerprint density at radius 3 is 2.66 bits per heavy atom. The summed E-state index contributed by atoms with van der Waals surface area (Å²) in [5.41, 5.74) is 1.28. The van der Waals surface area contributed by atoms with E-state index in [9.17, 15) is 4.79 Å². The Morgan fingerprint density at radius 1 is 1.21 bits per heavy atom. The molecule has 1 aliphatic carbocycles. The van der Waals surface area contributed by atoms with Crippen LogP contribution in [0.1, 0.15) is 55.8 Å².